The maximum Gasteiger partial charge on any atom is 0.216 e. The van der Waals surface area contributed by atoms with E-state index in [1.807, 2.05) is 42.5 Å². The number of ether oxygens (including phenoxy) is 2. The molecule has 128 valence electrons. The molecule has 5 heteroatoms. The fourth-order valence-electron chi connectivity index (χ4n) is 3.18. The minimum Gasteiger partial charge on any atom is -0.486 e. The van der Waals surface area contributed by atoms with Gasteiger partial charge in [-0.3, -0.25) is 4.79 Å². The summed E-state index contributed by atoms with van der Waals surface area (Å²) in [5, 5.41) is 3.79. The van der Waals surface area contributed by atoms with Crippen LogP contribution in [0.5, 0.6) is 11.5 Å². The molecule has 0 fully saturated rings. The molecule has 0 spiro atoms. The molecule has 0 bridgehead atoms. The zero-order chi connectivity index (χ0) is 17.2. The molecule has 1 aromatic heterocycles. The first-order chi connectivity index (χ1) is 12.2. The Morgan fingerprint density at radius 3 is 2.68 bits per heavy atom. The largest absolute Gasteiger partial charge is 0.486 e. The van der Waals surface area contributed by atoms with Gasteiger partial charge in [-0.2, -0.15) is 0 Å². The van der Waals surface area contributed by atoms with Gasteiger partial charge in [0.05, 0.1) is 5.39 Å². The highest BCUT2D eigenvalue weighted by Crippen LogP contribution is 2.44. The van der Waals surface area contributed by atoms with E-state index < -0.39 is 0 Å². The van der Waals surface area contributed by atoms with Crippen molar-refractivity contribution in [2.75, 3.05) is 19.8 Å². The molecule has 1 N–H and O–H groups in total. The third kappa shape index (κ3) is 2.93. The van der Waals surface area contributed by atoms with E-state index in [0.717, 1.165) is 39.4 Å². The number of benzene rings is 2. The fraction of sp³-hybridized carbons (Fsp3) is 0.250. The number of amides is 1. The van der Waals surface area contributed by atoms with Gasteiger partial charge in [0.2, 0.25) is 5.91 Å². The normalized spacial score (nSPS) is 13.0. The van der Waals surface area contributed by atoms with E-state index in [2.05, 4.69) is 5.32 Å². The third-order valence-corrected chi connectivity index (χ3v) is 4.24. The van der Waals surface area contributed by atoms with Gasteiger partial charge in [-0.15, -0.1) is 0 Å². The van der Waals surface area contributed by atoms with Gasteiger partial charge in [0.1, 0.15) is 24.6 Å². The second-order valence-electron chi connectivity index (χ2n) is 5.97. The highest BCUT2D eigenvalue weighted by Gasteiger charge is 2.24. The van der Waals surface area contributed by atoms with Gasteiger partial charge in [-0.05, 0) is 18.6 Å². The molecule has 0 saturated carbocycles. The molecule has 0 unspecified atom stereocenters. The molecule has 0 atom stereocenters. The van der Waals surface area contributed by atoms with Crippen molar-refractivity contribution in [3.63, 3.8) is 0 Å². The third-order valence-electron chi connectivity index (χ3n) is 4.24. The fourth-order valence-corrected chi connectivity index (χ4v) is 3.18. The van der Waals surface area contributed by atoms with Gasteiger partial charge >= 0.3 is 0 Å². The SMILES string of the molecule is CC(=O)NCCc1c(-c2ccccc2)oc2ccc3c(c12)OCCO3. The second-order valence-corrected chi connectivity index (χ2v) is 5.97. The average Bonchev–Trinajstić information content (AvgIpc) is 3.01. The zero-order valence-electron chi connectivity index (χ0n) is 14.0. The molecular formula is C20H19NO4. The zero-order valence-corrected chi connectivity index (χ0v) is 14.0. The summed E-state index contributed by atoms with van der Waals surface area (Å²) in [4.78, 5) is 11.2. The van der Waals surface area contributed by atoms with E-state index in [0.29, 0.717) is 26.2 Å². The van der Waals surface area contributed by atoms with E-state index in [1.165, 1.54) is 6.92 Å². The summed E-state index contributed by atoms with van der Waals surface area (Å²) >= 11 is 0. The summed E-state index contributed by atoms with van der Waals surface area (Å²) in [7, 11) is 0. The standard InChI is InChI=1S/C20H19NO4/c1-13(22)21-10-9-15-18-16(7-8-17-20(18)24-12-11-23-17)25-19(15)14-5-3-2-4-6-14/h2-8H,9-12H2,1H3,(H,21,22). The van der Waals surface area contributed by atoms with Crippen LogP contribution >= 0.6 is 0 Å². The lowest BCUT2D eigenvalue weighted by Gasteiger charge is -2.19. The summed E-state index contributed by atoms with van der Waals surface area (Å²) in [5.41, 5.74) is 2.79. The lowest BCUT2D eigenvalue weighted by molar-refractivity contribution is -0.118. The van der Waals surface area contributed by atoms with Gasteiger partial charge < -0.3 is 19.2 Å². The first kappa shape index (κ1) is 15.6. The quantitative estimate of drug-likeness (QED) is 0.791. The van der Waals surface area contributed by atoms with Crippen LogP contribution in [0.15, 0.2) is 46.9 Å². The Labute approximate surface area is 145 Å². The topological polar surface area (TPSA) is 60.7 Å². The maximum absolute atomic E-state index is 11.2. The Kier molecular flexibility index (Phi) is 4.06. The lowest BCUT2D eigenvalue weighted by atomic mass is 10.0. The summed E-state index contributed by atoms with van der Waals surface area (Å²) in [6.45, 7) is 3.12. The van der Waals surface area contributed by atoms with Gasteiger partial charge in [0.15, 0.2) is 11.5 Å². The van der Waals surface area contributed by atoms with Gasteiger partial charge in [0, 0.05) is 24.6 Å². The van der Waals surface area contributed by atoms with Crippen LogP contribution < -0.4 is 14.8 Å². The second kappa shape index (κ2) is 6.51. The molecule has 25 heavy (non-hydrogen) atoms. The molecule has 5 nitrogen and oxygen atoms in total. The van der Waals surface area contributed by atoms with Crippen molar-refractivity contribution in [3.8, 4) is 22.8 Å². The maximum atomic E-state index is 11.2. The van der Waals surface area contributed by atoms with E-state index in [-0.39, 0.29) is 5.91 Å². The molecule has 4 rings (SSSR count). The Balaban J connectivity index is 1.87. The van der Waals surface area contributed by atoms with E-state index >= 15 is 0 Å². The first-order valence-corrected chi connectivity index (χ1v) is 8.38. The van der Waals surface area contributed by atoms with Crippen molar-refractivity contribution in [1.82, 2.24) is 5.32 Å². The number of nitrogens with one attached hydrogen (secondary N) is 1. The molecule has 2 aromatic carbocycles. The van der Waals surface area contributed by atoms with Gasteiger partial charge in [-0.25, -0.2) is 0 Å². The number of fused-ring (bicyclic) bond motifs is 3. The van der Waals surface area contributed by atoms with Crippen molar-refractivity contribution < 1.29 is 18.7 Å². The predicted molar refractivity (Wildman–Crippen MR) is 95.0 cm³/mol. The summed E-state index contributed by atoms with van der Waals surface area (Å²) in [6.07, 6.45) is 0.649. The highest BCUT2D eigenvalue weighted by molar-refractivity contribution is 5.95. The molecule has 0 aliphatic carbocycles. The Hall–Kier alpha value is -2.95. The smallest absolute Gasteiger partial charge is 0.216 e. The minimum atomic E-state index is -0.0457. The number of carbonyl (C=O) groups is 1. The van der Waals surface area contributed by atoms with E-state index in [4.69, 9.17) is 13.9 Å². The summed E-state index contributed by atoms with van der Waals surface area (Å²) < 4.78 is 17.8. The van der Waals surface area contributed by atoms with Crippen LogP contribution in [0.1, 0.15) is 12.5 Å². The number of carbonyl (C=O) groups excluding carboxylic acids is 1. The van der Waals surface area contributed by atoms with Crippen molar-refractivity contribution in [3.05, 3.63) is 48.0 Å². The Morgan fingerprint density at radius 2 is 1.88 bits per heavy atom. The molecule has 0 saturated heterocycles. The lowest BCUT2D eigenvalue weighted by Crippen LogP contribution is -2.22. The van der Waals surface area contributed by atoms with Crippen molar-refractivity contribution >= 4 is 16.9 Å². The van der Waals surface area contributed by atoms with E-state index in [1.54, 1.807) is 0 Å². The average molecular weight is 337 g/mol. The van der Waals surface area contributed by atoms with Crippen LogP contribution in [0.2, 0.25) is 0 Å². The number of furan rings is 1. The van der Waals surface area contributed by atoms with Crippen LogP contribution in [0.4, 0.5) is 0 Å². The van der Waals surface area contributed by atoms with Crippen LogP contribution in [-0.4, -0.2) is 25.7 Å². The minimum absolute atomic E-state index is 0.0457. The molecule has 1 aliphatic heterocycles. The van der Waals surface area contributed by atoms with Crippen LogP contribution in [0.25, 0.3) is 22.3 Å². The Morgan fingerprint density at radius 1 is 1.08 bits per heavy atom. The monoisotopic (exact) mass is 337 g/mol. The first-order valence-electron chi connectivity index (χ1n) is 8.38. The predicted octanol–water partition coefficient (Wildman–Crippen LogP) is 3.55. The molecule has 3 aromatic rings. The van der Waals surface area contributed by atoms with Crippen LogP contribution in [0, 0.1) is 0 Å². The molecule has 2 heterocycles. The molecule has 0 radical (unpaired) electrons. The van der Waals surface area contributed by atoms with Crippen LogP contribution in [-0.2, 0) is 11.2 Å². The molecule has 1 amide bonds. The Bertz CT molecular complexity index is 914. The molecular weight excluding hydrogens is 318 g/mol. The van der Waals surface area contributed by atoms with Crippen molar-refractivity contribution in [2.24, 2.45) is 0 Å². The number of hydrogen-bond donors (Lipinski definition) is 1. The summed E-state index contributed by atoms with van der Waals surface area (Å²) in [5.74, 6) is 2.23. The number of rotatable bonds is 4. The number of hydrogen-bond acceptors (Lipinski definition) is 4. The summed E-state index contributed by atoms with van der Waals surface area (Å²) in [6, 6.07) is 13.8. The van der Waals surface area contributed by atoms with E-state index in [9.17, 15) is 4.79 Å². The van der Waals surface area contributed by atoms with Crippen LogP contribution in [0.3, 0.4) is 0 Å². The van der Waals surface area contributed by atoms with Gasteiger partial charge in [-0.1, -0.05) is 30.3 Å². The van der Waals surface area contributed by atoms with Crippen molar-refractivity contribution in [1.29, 1.82) is 0 Å². The molecule has 1 aliphatic rings. The highest BCUT2D eigenvalue weighted by atomic mass is 16.6. The van der Waals surface area contributed by atoms with Crippen molar-refractivity contribution in [2.45, 2.75) is 13.3 Å². The van der Waals surface area contributed by atoms with Gasteiger partial charge in [0.25, 0.3) is 0 Å².